The van der Waals surface area contributed by atoms with Crippen LogP contribution in [0.3, 0.4) is 0 Å². The summed E-state index contributed by atoms with van der Waals surface area (Å²) in [4.78, 5) is 0.349. The fourth-order valence-electron chi connectivity index (χ4n) is 2.48. The predicted molar refractivity (Wildman–Crippen MR) is 85.5 cm³/mol. The molecule has 0 amide bonds. The predicted octanol–water partition coefficient (Wildman–Crippen LogP) is 2.76. The first-order valence-electron chi connectivity index (χ1n) is 7.25. The summed E-state index contributed by atoms with van der Waals surface area (Å²) in [6, 6.07) is 14.8. The average molecular weight is 317 g/mol. The molecule has 0 aromatic heterocycles. The molecular formula is C17H19NO3S. The Morgan fingerprint density at radius 3 is 2.27 bits per heavy atom. The summed E-state index contributed by atoms with van der Waals surface area (Å²) in [6.45, 7) is 4.68. The van der Waals surface area contributed by atoms with Crippen molar-refractivity contribution in [2.75, 3.05) is 13.1 Å². The molecule has 1 fully saturated rings. The van der Waals surface area contributed by atoms with E-state index in [1.54, 1.807) is 18.2 Å². The van der Waals surface area contributed by atoms with E-state index in [-0.39, 0.29) is 6.10 Å². The third kappa shape index (κ3) is 3.00. The Hall–Kier alpha value is -1.85. The maximum atomic E-state index is 12.5. The molecule has 0 N–H and O–H groups in total. The topological polar surface area (TPSA) is 46.6 Å². The minimum absolute atomic E-state index is 0.0821. The molecule has 2 aromatic carbocycles. The van der Waals surface area contributed by atoms with Crippen molar-refractivity contribution in [3.05, 3.63) is 59.7 Å². The molecule has 0 atom stereocenters. The third-order valence-electron chi connectivity index (χ3n) is 3.73. The van der Waals surface area contributed by atoms with Gasteiger partial charge >= 0.3 is 0 Å². The van der Waals surface area contributed by atoms with Gasteiger partial charge in [-0.05, 0) is 49.2 Å². The maximum absolute atomic E-state index is 12.5. The van der Waals surface area contributed by atoms with Crippen molar-refractivity contribution < 1.29 is 13.2 Å². The van der Waals surface area contributed by atoms with Crippen LogP contribution in [-0.4, -0.2) is 31.9 Å². The number of sulfonamides is 1. The van der Waals surface area contributed by atoms with Crippen LogP contribution in [-0.2, 0) is 10.0 Å². The molecule has 1 heterocycles. The number of ether oxygens (including phenoxy) is 1. The smallest absolute Gasteiger partial charge is 0.243 e. The van der Waals surface area contributed by atoms with Gasteiger partial charge in [0, 0.05) is 0 Å². The molecule has 0 bridgehead atoms. The lowest BCUT2D eigenvalue weighted by molar-refractivity contribution is 0.0761. The highest BCUT2D eigenvalue weighted by Gasteiger charge is 2.38. The molecule has 1 saturated heterocycles. The molecule has 3 rings (SSSR count). The van der Waals surface area contributed by atoms with Gasteiger partial charge in [0.2, 0.25) is 10.0 Å². The van der Waals surface area contributed by atoms with Crippen molar-refractivity contribution in [1.29, 1.82) is 0 Å². The van der Waals surface area contributed by atoms with Gasteiger partial charge in [0.15, 0.2) is 0 Å². The van der Waals surface area contributed by atoms with E-state index in [1.165, 1.54) is 4.31 Å². The molecule has 0 spiro atoms. The lowest BCUT2D eigenvalue weighted by Gasteiger charge is -2.37. The lowest BCUT2D eigenvalue weighted by atomic mass is 10.2. The van der Waals surface area contributed by atoms with E-state index in [4.69, 9.17) is 4.74 Å². The molecular weight excluding hydrogens is 298 g/mol. The summed E-state index contributed by atoms with van der Waals surface area (Å²) in [6.07, 6.45) is -0.0821. The van der Waals surface area contributed by atoms with Gasteiger partial charge in [-0.1, -0.05) is 24.3 Å². The summed E-state index contributed by atoms with van der Waals surface area (Å²) in [5.74, 6) is 0.789. The van der Waals surface area contributed by atoms with Crippen LogP contribution in [0.15, 0.2) is 53.4 Å². The van der Waals surface area contributed by atoms with Gasteiger partial charge in [0.25, 0.3) is 0 Å². The van der Waals surface area contributed by atoms with Gasteiger partial charge in [-0.25, -0.2) is 8.42 Å². The molecule has 0 aliphatic carbocycles. The van der Waals surface area contributed by atoms with Crippen LogP contribution in [0.5, 0.6) is 5.75 Å². The molecule has 2 aromatic rings. The molecule has 5 heteroatoms. The fraction of sp³-hybridized carbons (Fsp3) is 0.294. The zero-order valence-electron chi connectivity index (χ0n) is 12.7. The van der Waals surface area contributed by atoms with E-state index in [2.05, 4.69) is 0 Å². The molecule has 4 nitrogen and oxygen atoms in total. The van der Waals surface area contributed by atoms with E-state index in [1.807, 2.05) is 44.2 Å². The van der Waals surface area contributed by atoms with Crippen LogP contribution in [0.1, 0.15) is 11.1 Å². The van der Waals surface area contributed by atoms with Crippen molar-refractivity contribution in [1.82, 2.24) is 4.31 Å². The van der Waals surface area contributed by atoms with Gasteiger partial charge in [-0.15, -0.1) is 0 Å². The van der Waals surface area contributed by atoms with Crippen LogP contribution in [0.4, 0.5) is 0 Å². The van der Waals surface area contributed by atoms with E-state index < -0.39 is 10.0 Å². The van der Waals surface area contributed by atoms with Crippen LogP contribution >= 0.6 is 0 Å². The minimum Gasteiger partial charge on any atom is -0.488 e. The Morgan fingerprint density at radius 2 is 1.64 bits per heavy atom. The number of hydrogen-bond acceptors (Lipinski definition) is 3. The number of hydrogen-bond donors (Lipinski definition) is 0. The monoisotopic (exact) mass is 317 g/mol. The van der Waals surface area contributed by atoms with Crippen molar-refractivity contribution in [3.63, 3.8) is 0 Å². The molecule has 116 valence electrons. The highest BCUT2D eigenvalue weighted by atomic mass is 32.2. The van der Waals surface area contributed by atoms with Crippen LogP contribution in [0.25, 0.3) is 0 Å². The molecule has 22 heavy (non-hydrogen) atoms. The largest absolute Gasteiger partial charge is 0.488 e. The second-order valence-corrected chi connectivity index (χ2v) is 7.63. The SMILES string of the molecule is Cc1cccc(OC2CN(S(=O)(=O)c3cccc(C)c3)C2)c1. The quantitative estimate of drug-likeness (QED) is 0.871. The Labute approximate surface area is 131 Å². The first kappa shape index (κ1) is 15.1. The van der Waals surface area contributed by atoms with Crippen molar-refractivity contribution >= 4 is 10.0 Å². The van der Waals surface area contributed by atoms with Crippen molar-refractivity contribution in [2.24, 2.45) is 0 Å². The summed E-state index contributed by atoms with van der Waals surface area (Å²) in [5.41, 5.74) is 2.07. The van der Waals surface area contributed by atoms with Gasteiger partial charge in [0.05, 0.1) is 18.0 Å². The Morgan fingerprint density at radius 1 is 1.00 bits per heavy atom. The second kappa shape index (κ2) is 5.74. The maximum Gasteiger partial charge on any atom is 0.243 e. The van der Waals surface area contributed by atoms with Gasteiger partial charge < -0.3 is 4.74 Å². The normalized spacial score (nSPS) is 16.3. The highest BCUT2D eigenvalue weighted by Crippen LogP contribution is 2.25. The molecule has 0 radical (unpaired) electrons. The summed E-state index contributed by atoms with van der Waals surface area (Å²) in [5, 5.41) is 0. The van der Waals surface area contributed by atoms with E-state index in [0.717, 1.165) is 16.9 Å². The summed E-state index contributed by atoms with van der Waals surface area (Å²) in [7, 11) is -3.40. The standard InChI is InChI=1S/C17H19NO3S/c1-13-5-3-7-15(9-13)21-16-11-18(12-16)22(19,20)17-8-4-6-14(2)10-17/h3-10,16H,11-12H2,1-2H3. The lowest BCUT2D eigenvalue weighted by Crippen LogP contribution is -2.55. The van der Waals surface area contributed by atoms with E-state index >= 15 is 0 Å². The zero-order chi connectivity index (χ0) is 15.7. The minimum atomic E-state index is -3.40. The molecule has 1 aliphatic rings. The second-order valence-electron chi connectivity index (χ2n) is 5.69. The van der Waals surface area contributed by atoms with Crippen molar-refractivity contribution in [2.45, 2.75) is 24.8 Å². The van der Waals surface area contributed by atoms with Crippen LogP contribution in [0.2, 0.25) is 0 Å². The van der Waals surface area contributed by atoms with Crippen LogP contribution < -0.4 is 4.74 Å². The first-order valence-corrected chi connectivity index (χ1v) is 8.69. The molecule has 1 aliphatic heterocycles. The first-order chi connectivity index (χ1) is 10.4. The fourth-order valence-corrected chi connectivity index (χ4v) is 4.09. The Bertz CT molecular complexity index is 780. The summed E-state index contributed by atoms with van der Waals surface area (Å²) >= 11 is 0. The Kier molecular flexibility index (Phi) is 3.93. The van der Waals surface area contributed by atoms with E-state index in [9.17, 15) is 8.42 Å². The van der Waals surface area contributed by atoms with Gasteiger partial charge in [-0.2, -0.15) is 4.31 Å². The Balaban J connectivity index is 1.65. The van der Waals surface area contributed by atoms with Crippen LogP contribution in [0, 0.1) is 13.8 Å². The molecule has 0 unspecified atom stereocenters. The van der Waals surface area contributed by atoms with Crippen molar-refractivity contribution in [3.8, 4) is 5.75 Å². The highest BCUT2D eigenvalue weighted by molar-refractivity contribution is 7.89. The van der Waals surface area contributed by atoms with Gasteiger partial charge in [-0.3, -0.25) is 0 Å². The van der Waals surface area contributed by atoms with E-state index in [0.29, 0.717) is 18.0 Å². The number of benzene rings is 2. The number of aryl methyl sites for hydroxylation is 2. The third-order valence-corrected chi connectivity index (χ3v) is 5.56. The van der Waals surface area contributed by atoms with Gasteiger partial charge in [0.1, 0.15) is 11.9 Å². The zero-order valence-corrected chi connectivity index (χ0v) is 13.5. The number of rotatable bonds is 4. The summed E-state index contributed by atoms with van der Waals surface area (Å²) < 4.78 is 32.2. The molecule has 0 saturated carbocycles. The number of nitrogens with zero attached hydrogens (tertiary/aromatic N) is 1. The average Bonchev–Trinajstić information content (AvgIpc) is 2.42.